The third-order valence-electron chi connectivity index (χ3n) is 3.13. The van der Waals surface area contributed by atoms with Crippen molar-refractivity contribution in [2.24, 2.45) is 5.14 Å². The number of anilines is 1. The molecule has 1 unspecified atom stereocenters. The van der Waals surface area contributed by atoms with E-state index in [0.717, 1.165) is 17.0 Å². The number of carbonyl (C=O) groups excluding carboxylic acids is 1. The standard InChI is InChI=1S/C11H12F2N2O3S/c1-6-9(12)2-7(3-10(6)13)15-5-8(4-11(15)16)19(14,17)18/h2-3,8H,4-5H2,1H3,(H2,14,17,18). The molecule has 0 spiro atoms. The number of amides is 1. The predicted molar refractivity (Wildman–Crippen MR) is 65.0 cm³/mol. The van der Waals surface area contributed by atoms with Crippen LogP contribution in [0.3, 0.4) is 0 Å². The van der Waals surface area contributed by atoms with E-state index in [9.17, 15) is 22.0 Å². The molecule has 0 aliphatic carbocycles. The Balaban J connectivity index is 2.36. The Morgan fingerprint density at radius 1 is 1.32 bits per heavy atom. The van der Waals surface area contributed by atoms with Crippen LogP contribution in [0.15, 0.2) is 12.1 Å². The first-order chi connectivity index (χ1) is 8.70. The smallest absolute Gasteiger partial charge is 0.228 e. The zero-order valence-corrected chi connectivity index (χ0v) is 10.9. The van der Waals surface area contributed by atoms with Gasteiger partial charge < -0.3 is 4.90 Å². The number of nitrogens with zero attached hydrogens (tertiary/aromatic N) is 1. The summed E-state index contributed by atoms with van der Waals surface area (Å²) in [6.45, 7) is 1.08. The number of benzene rings is 1. The first-order valence-electron chi connectivity index (χ1n) is 5.48. The number of sulfonamides is 1. The Hall–Kier alpha value is -1.54. The van der Waals surface area contributed by atoms with Gasteiger partial charge in [-0.05, 0) is 19.1 Å². The average Bonchev–Trinajstić information content (AvgIpc) is 2.67. The van der Waals surface area contributed by atoms with Crippen molar-refractivity contribution in [1.29, 1.82) is 0 Å². The number of halogens is 2. The van der Waals surface area contributed by atoms with Gasteiger partial charge >= 0.3 is 0 Å². The molecule has 0 radical (unpaired) electrons. The third kappa shape index (κ3) is 2.59. The van der Waals surface area contributed by atoms with Gasteiger partial charge in [0.1, 0.15) is 16.9 Å². The molecule has 104 valence electrons. The zero-order chi connectivity index (χ0) is 14.4. The van der Waals surface area contributed by atoms with E-state index >= 15 is 0 Å². The van der Waals surface area contributed by atoms with Crippen molar-refractivity contribution in [3.63, 3.8) is 0 Å². The van der Waals surface area contributed by atoms with Crippen molar-refractivity contribution < 1.29 is 22.0 Å². The highest BCUT2D eigenvalue weighted by molar-refractivity contribution is 7.89. The second-order valence-corrected chi connectivity index (χ2v) is 6.30. The van der Waals surface area contributed by atoms with Crippen molar-refractivity contribution in [3.05, 3.63) is 29.3 Å². The summed E-state index contributed by atoms with van der Waals surface area (Å²) in [6, 6.07) is 2.00. The predicted octanol–water partition coefficient (Wildman–Crippen LogP) is 0.667. The summed E-state index contributed by atoms with van der Waals surface area (Å²) in [5, 5.41) is 3.92. The number of rotatable bonds is 2. The van der Waals surface area contributed by atoms with Crippen molar-refractivity contribution in [2.75, 3.05) is 11.4 Å². The maximum Gasteiger partial charge on any atom is 0.228 e. The number of hydrogen-bond acceptors (Lipinski definition) is 3. The molecule has 8 heteroatoms. The SMILES string of the molecule is Cc1c(F)cc(N2CC(S(N)(=O)=O)CC2=O)cc1F. The average molecular weight is 290 g/mol. The van der Waals surface area contributed by atoms with E-state index in [4.69, 9.17) is 5.14 Å². The lowest BCUT2D eigenvalue weighted by Gasteiger charge is -2.17. The number of nitrogens with two attached hydrogens (primary N) is 1. The van der Waals surface area contributed by atoms with Crippen molar-refractivity contribution >= 4 is 21.6 Å². The van der Waals surface area contributed by atoms with Crippen molar-refractivity contribution in [2.45, 2.75) is 18.6 Å². The molecular weight excluding hydrogens is 278 g/mol. The van der Waals surface area contributed by atoms with Gasteiger partial charge in [-0.1, -0.05) is 0 Å². The van der Waals surface area contributed by atoms with Crippen LogP contribution in [0, 0.1) is 18.6 Å². The van der Waals surface area contributed by atoms with Gasteiger partial charge in [0.2, 0.25) is 15.9 Å². The normalized spacial score (nSPS) is 20.1. The fourth-order valence-electron chi connectivity index (χ4n) is 1.93. The summed E-state index contributed by atoms with van der Waals surface area (Å²) in [7, 11) is -3.85. The first kappa shape index (κ1) is 13.9. The fraction of sp³-hybridized carbons (Fsp3) is 0.364. The largest absolute Gasteiger partial charge is 0.311 e. The minimum atomic E-state index is -3.85. The van der Waals surface area contributed by atoms with E-state index in [1.54, 1.807) is 0 Å². The van der Waals surface area contributed by atoms with E-state index < -0.39 is 32.8 Å². The molecule has 2 rings (SSSR count). The van der Waals surface area contributed by atoms with Crippen molar-refractivity contribution in [1.82, 2.24) is 0 Å². The van der Waals surface area contributed by atoms with Crippen LogP contribution in [0.25, 0.3) is 0 Å². The Bertz CT molecular complexity index is 622. The summed E-state index contributed by atoms with van der Waals surface area (Å²) < 4.78 is 49.3. The summed E-state index contributed by atoms with van der Waals surface area (Å²) in [4.78, 5) is 12.7. The highest BCUT2D eigenvalue weighted by Crippen LogP contribution is 2.27. The van der Waals surface area contributed by atoms with Crippen LogP contribution in [0.2, 0.25) is 0 Å². The molecule has 1 aliphatic heterocycles. The lowest BCUT2D eigenvalue weighted by atomic mass is 10.2. The van der Waals surface area contributed by atoms with Gasteiger partial charge in [0.25, 0.3) is 0 Å². The van der Waals surface area contributed by atoms with Gasteiger partial charge in [-0.15, -0.1) is 0 Å². The van der Waals surface area contributed by atoms with Gasteiger partial charge in [-0.25, -0.2) is 22.3 Å². The first-order valence-corrected chi connectivity index (χ1v) is 7.08. The van der Waals surface area contributed by atoms with E-state index in [1.165, 1.54) is 6.92 Å². The Labute approximate surface area is 109 Å². The molecule has 1 heterocycles. The topological polar surface area (TPSA) is 80.5 Å². The quantitative estimate of drug-likeness (QED) is 0.869. The summed E-state index contributed by atoms with van der Waals surface area (Å²) in [5.74, 6) is -2.11. The summed E-state index contributed by atoms with van der Waals surface area (Å²) in [6.07, 6.45) is -0.282. The highest BCUT2D eigenvalue weighted by Gasteiger charge is 2.37. The Morgan fingerprint density at radius 3 is 2.26 bits per heavy atom. The van der Waals surface area contributed by atoms with E-state index in [2.05, 4.69) is 0 Å². The molecule has 1 saturated heterocycles. The van der Waals surface area contributed by atoms with Crippen LogP contribution in [-0.4, -0.2) is 26.1 Å². The molecule has 1 fully saturated rings. The van der Waals surface area contributed by atoms with E-state index in [1.807, 2.05) is 0 Å². The van der Waals surface area contributed by atoms with Crippen LogP contribution >= 0.6 is 0 Å². The number of primary sulfonamides is 1. The molecule has 1 aromatic carbocycles. The van der Waals surface area contributed by atoms with Crippen LogP contribution in [0.1, 0.15) is 12.0 Å². The second-order valence-electron chi connectivity index (χ2n) is 4.45. The lowest BCUT2D eigenvalue weighted by molar-refractivity contribution is -0.117. The zero-order valence-electron chi connectivity index (χ0n) is 10.1. The molecule has 0 bridgehead atoms. The van der Waals surface area contributed by atoms with E-state index in [0.29, 0.717) is 0 Å². The molecule has 1 amide bonds. The molecule has 0 aromatic heterocycles. The molecular formula is C11H12F2N2O3S. The lowest BCUT2D eigenvalue weighted by Crippen LogP contribution is -2.32. The maximum atomic E-state index is 13.4. The Morgan fingerprint density at radius 2 is 1.84 bits per heavy atom. The second kappa shape index (κ2) is 4.53. The van der Waals surface area contributed by atoms with Gasteiger partial charge in [0.05, 0.1) is 0 Å². The van der Waals surface area contributed by atoms with Crippen LogP contribution in [0.5, 0.6) is 0 Å². The highest BCUT2D eigenvalue weighted by atomic mass is 32.2. The fourth-order valence-corrected chi connectivity index (χ4v) is 2.66. The third-order valence-corrected chi connectivity index (χ3v) is 4.38. The monoisotopic (exact) mass is 290 g/mol. The van der Waals surface area contributed by atoms with Gasteiger partial charge in [0.15, 0.2) is 0 Å². The molecule has 1 aromatic rings. The Kier molecular flexibility index (Phi) is 3.31. The van der Waals surface area contributed by atoms with E-state index in [-0.39, 0.29) is 24.2 Å². The summed E-state index contributed by atoms with van der Waals surface area (Å²) >= 11 is 0. The summed E-state index contributed by atoms with van der Waals surface area (Å²) in [5.41, 5.74) is -0.157. The van der Waals surface area contributed by atoms with Crippen LogP contribution in [-0.2, 0) is 14.8 Å². The molecule has 1 aliphatic rings. The molecule has 0 saturated carbocycles. The minimum absolute atomic E-state index is 0.00301. The van der Waals surface area contributed by atoms with Gasteiger partial charge in [0, 0.05) is 24.2 Å². The van der Waals surface area contributed by atoms with Gasteiger partial charge in [-0.2, -0.15) is 0 Å². The molecule has 19 heavy (non-hydrogen) atoms. The number of hydrogen-bond donors (Lipinski definition) is 1. The molecule has 2 N–H and O–H groups in total. The van der Waals surface area contributed by atoms with Gasteiger partial charge in [-0.3, -0.25) is 4.79 Å². The number of carbonyl (C=O) groups is 1. The van der Waals surface area contributed by atoms with Crippen LogP contribution < -0.4 is 10.0 Å². The minimum Gasteiger partial charge on any atom is -0.311 e. The maximum absolute atomic E-state index is 13.4. The molecule has 5 nitrogen and oxygen atoms in total. The van der Waals surface area contributed by atoms with Crippen LogP contribution in [0.4, 0.5) is 14.5 Å². The van der Waals surface area contributed by atoms with Crippen molar-refractivity contribution in [3.8, 4) is 0 Å². The molecule has 1 atom stereocenters.